The first-order chi connectivity index (χ1) is 13.3. The van der Waals surface area contributed by atoms with Gasteiger partial charge in [-0.05, 0) is 12.8 Å². The Hall–Kier alpha value is -1.93. The lowest BCUT2D eigenvalue weighted by molar-refractivity contribution is -0.137. The molecule has 1 aliphatic rings. The minimum Gasteiger partial charge on any atom is -0.481 e. The van der Waals surface area contributed by atoms with E-state index in [1.54, 1.807) is 11.0 Å². The van der Waals surface area contributed by atoms with Gasteiger partial charge in [0.15, 0.2) is 0 Å². The van der Waals surface area contributed by atoms with Gasteiger partial charge in [0.1, 0.15) is 6.10 Å². The number of benzene rings is 1. The summed E-state index contributed by atoms with van der Waals surface area (Å²) in [4.78, 5) is 24.1. The first kappa shape index (κ1) is 22.4. The predicted molar refractivity (Wildman–Crippen MR) is 105 cm³/mol. The van der Waals surface area contributed by atoms with E-state index in [-0.39, 0.29) is 23.3 Å². The number of aliphatic hydroxyl groups excluding tert-OH is 1. The van der Waals surface area contributed by atoms with Crippen molar-refractivity contribution in [3.63, 3.8) is 0 Å². The molecule has 5 nitrogen and oxygen atoms in total. The van der Waals surface area contributed by atoms with E-state index in [0.717, 1.165) is 37.1 Å². The Morgan fingerprint density at radius 1 is 1.25 bits per heavy atom. The van der Waals surface area contributed by atoms with Crippen molar-refractivity contribution in [3.8, 4) is 0 Å². The molecule has 0 aliphatic carbocycles. The minimum absolute atomic E-state index is 0.107. The first-order valence-electron chi connectivity index (χ1n) is 9.27. The van der Waals surface area contributed by atoms with E-state index >= 15 is 0 Å². The number of thioether (sulfide) groups is 1. The normalized spacial score (nSPS) is 18.8. The number of carbonyl (C=O) groups is 2. The number of hydrogen-bond donors (Lipinski definition) is 2. The van der Waals surface area contributed by atoms with E-state index in [4.69, 9.17) is 5.11 Å². The van der Waals surface area contributed by atoms with Crippen LogP contribution >= 0.6 is 11.8 Å². The number of carboxylic acid groups (broad SMARTS) is 1. The van der Waals surface area contributed by atoms with Crippen molar-refractivity contribution in [2.45, 2.75) is 50.2 Å². The number of rotatable bonds is 11. The van der Waals surface area contributed by atoms with Crippen molar-refractivity contribution in [3.05, 3.63) is 48.0 Å². The van der Waals surface area contributed by atoms with Crippen LogP contribution in [0, 0.1) is 0 Å². The Labute approximate surface area is 167 Å². The number of nitrogens with zero attached hydrogens (tertiary/aromatic N) is 1. The highest BCUT2D eigenvalue weighted by Crippen LogP contribution is 2.33. The van der Waals surface area contributed by atoms with Gasteiger partial charge in [0, 0.05) is 24.3 Å². The Kier molecular flexibility index (Phi) is 8.44. The summed E-state index contributed by atoms with van der Waals surface area (Å²) in [6, 6.07) is 6.81. The third-order valence-electron chi connectivity index (χ3n) is 4.60. The maximum absolute atomic E-state index is 14.3. The van der Waals surface area contributed by atoms with Crippen molar-refractivity contribution in [2.75, 3.05) is 12.3 Å². The van der Waals surface area contributed by atoms with Crippen LogP contribution in [0.4, 0.5) is 13.6 Å². The van der Waals surface area contributed by atoms with Gasteiger partial charge >= 0.3 is 11.9 Å². The third kappa shape index (κ3) is 6.31. The lowest BCUT2D eigenvalue weighted by Crippen LogP contribution is -2.34. The van der Waals surface area contributed by atoms with Crippen LogP contribution in [0.3, 0.4) is 0 Å². The van der Waals surface area contributed by atoms with Crippen molar-refractivity contribution >= 4 is 23.0 Å². The largest absolute Gasteiger partial charge is 0.481 e. The molecule has 1 aliphatic heterocycles. The smallest absolute Gasteiger partial charge is 0.303 e. The zero-order valence-electron chi connectivity index (χ0n) is 15.5. The molecule has 1 aromatic rings. The summed E-state index contributed by atoms with van der Waals surface area (Å²) in [6.07, 6.45) is 3.59. The molecule has 2 atom stereocenters. The number of aliphatic carboxylic acids is 1. The van der Waals surface area contributed by atoms with E-state index in [1.165, 1.54) is 30.3 Å². The fourth-order valence-electron chi connectivity index (χ4n) is 2.98. The van der Waals surface area contributed by atoms with Gasteiger partial charge in [-0.15, -0.1) is 0 Å². The highest BCUT2D eigenvalue weighted by atomic mass is 32.2. The number of aliphatic hydroxyl groups is 1. The van der Waals surface area contributed by atoms with Gasteiger partial charge in [0.05, 0.1) is 6.04 Å². The SMILES string of the molecule is O=C(O)CCCCCCN1C(=O)SCC1/C=C/C(O)C(F)(F)c1ccccc1. The second-order valence-corrected chi connectivity index (χ2v) is 7.69. The van der Waals surface area contributed by atoms with Crippen molar-refractivity contribution in [1.82, 2.24) is 4.90 Å². The zero-order valence-corrected chi connectivity index (χ0v) is 16.3. The monoisotopic (exact) mass is 413 g/mol. The van der Waals surface area contributed by atoms with Crippen LogP contribution in [0.15, 0.2) is 42.5 Å². The molecular weight excluding hydrogens is 388 g/mol. The Morgan fingerprint density at radius 3 is 2.61 bits per heavy atom. The van der Waals surface area contributed by atoms with Crippen LogP contribution in [-0.2, 0) is 10.7 Å². The van der Waals surface area contributed by atoms with E-state index in [9.17, 15) is 23.5 Å². The molecular formula is C20H25F2NO4S. The molecule has 1 saturated heterocycles. The highest BCUT2D eigenvalue weighted by Gasteiger charge is 2.39. The van der Waals surface area contributed by atoms with E-state index in [0.29, 0.717) is 18.7 Å². The third-order valence-corrected chi connectivity index (χ3v) is 5.59. The molecule has 154 valence electrons. The molecule has 1 fully saturated rings. The number of hydrogen-bond acceptors (Lipinski definition) is 4. The van der Waals surface area contributed by atoms with Gasteiger partial charge in [0.25, 0.3) is 5.24 Å². The summed E-state index contributed by atoms with van der Waals surface area (Å²) in [5.74, 6) is -3.78. The van der Waals surface area contributed by atoms with Gasteiger partial charge in [0.2, 0.25) is 0 Å². The van der Waals surface area contributed by atoms with Crippen molar-refractivity contribution < 1.29 is 28.6 Å². The van der Waals surface area contributed by atoms with Gasteiger partial charge in [-0.25, -0.2) is 0 Å². The molecule has 0 spiro atoms. The molecule has 2 N–H and O–H groups in total. The Morgan fingerprint density at radius 2 is 1.93 bits per heavy atom. The number of alkyl halides is 2. The molecule has 0 bridgehead atoms. The van der Waals surface area contributed by atoms with Gasteiger partial charge in [-0.2, -0.15) is 8.78 Å². The lowest BCUT2D eigenvalue weighted by Gasteiger charge is -2.23. The van der Waals surface area contributed by atoms with Crippen LogP contribution in [-0.4, -0.2) is 50.8 Å². The molecule has 0 radical (unpaired) electrons. The molecule has 2 unspecified atom stereocenters. The summed E-state index contributed by atoms with van der Waals surface area (Å²) in [6.45, 7) is 0.485. The summed E-state index contributed by atoms with van der Waals surface area (Å²) in [5.41, 5.74) is -0.262. The number of carbonyl (C=O) groups excluding carboxylic acids is 1. The van der Waals surface area contributed by atoms with Crippen molar-refractivity contribution in [1.29, 1.82) is 0 Å². The highest BCUT2D eigenvalue weighted by molar-refractivity contribution is 8.13. The molecule has 1 aromatic carbocycles. The number of amides is 1. The standard InChI is InChI=1S/C20H25F2NO4S/c21-20(22,15-8-4-3-5-9-15)17(24)12-11-16-14-28-19(27)23(16)13-7-2-1-6-10-18(25)26/h3-5,8-9,11-12,16-17,24H,1-2,6-7,10,13-14H2,(H,25,26)/b12-11+. The Balaban J connectivity index is 1.87. The summed E-state index contributed by atoms with van der Waals surface area (Å²) < 4.78 is 28.7. The maximum atomic E-state index is 14.3. The molecule has 0 aromatic heterocycles. The maximum Gasteiger partial charge on any atom is 0.303 e. The van der Waals surface area contributed by atoms with Gasteiger partial charge < -0.3 is 15.1 Å². The van der Waals surface area contributed by atoms with E-state index in [2.05, 4.69) is 0 Å². The minimum atomic E-state index is -3.41. The number of halogens is 2. The van der Waals surface area contributed by atoms with Crippen LogP contribution in [0.2, 0.25) is 0 Å². The molecule has 1 amide bonds. The molecule has 8 heteroatoms. The summed E-state index contributed by atoms with van der Waals surface area (Å²) in [7, 11) is 0. The molecule has 28 heavy (non-hydrogen) atoms. The first-order valence-corrected chi connectivity index (χ1v) is 10.3. The second kappa shape index (κ2) is 10.6. The zero-order chi connectivity index (χ0) is 20.6. The fraction of sp³-hybridized carbons (Fsp3) is 0.500. The average Bonchev–Trinajstić information content (AvgIpc) is 3.02. The fourth-order valence-corrected chi connectivity index (χ4v) is 3.98. The van der Waals surface area contributed by atoms with Gasteiger partial charge in [-0.3, -0.25) is 9.59 Å². The quantitative estimate of drug-likeness (QED) is 0.419. The molecule has 2 rings (SSSR count). The van der Waals surface area contributed by atoms with Crippen molar-refractivity contribution in [2.24, 2.45) is 0 Å². The topological polar surface area (TPSA) is 77.8 Å². The van der Waals surface area contributed by atoms with E-state index in [1.807, 2.05) is 0 Å². The second-order valence-electron chi connectivity index (χ2n) is 6.71. The lowest BCUT2D eigenvalue weighted by atomic mass is 10.0. The van der Waals surface area contributed by atoms with Gasteiger partial charge in [-0.1, -0.05) is 67.1 Å². The molecule has 1 heterocycles. The summed E-state index contributed by atoms with van der Waals surface area (Å²) in [5, 5.41) is 18.5. The number of carboxylic acids is 1. The molecule has 0 saturated carbocycles. The van der Waals surface area contributed by atoms with Crippen LogP contribution < -0.4 is 0 Å². The Bertz CT molecular complexity index is 684. The van der Waals surface area contributed by atoms with Crippen LogP contribution in [0.5, 0.6) is 0 Å². The van der Waals surface area contributed by atoms with E-state index < -0.39 is 18.0 Å². The van der Waals surface area contributed by atoms with Crippen LogP contribution in [0.1, 0.15) is 37.7 Å². The number of unbranched alkanes of at least 4 members (excludes halogenated alkanes) is 3. The summed E-state index contributed by atoms with van der Waals surface area (Å²) >= 11 is 1.13. The van der Waals surface area contributed by atoms with Crippen LogP contribution in [0.25, 0.3) is 0 Å². The predicted octanol–water partition coefficient (Wildman–Crippen LogP) is 4.27. The average molecular weight is 413 g/mol.